The van der Waals surface area contributed by atoms with Crippen LogP contribution in [0.3, 0.4) is 0 Å². The van der Waals surface area contributed by atoms with Crippen molar-refractivity contribution in [3.63, 3.8) is 0 Å². The Morgan fingerprint density at radius 3 is 2.24 bits per heavy atom. The minimum Gasteiger partial charge on any atom is -0.491 e. The summed E-state index contributed by atoms with van der Waals surface area (Å²) < 4.78 is 5.60. The molecule has 5 atom stereocenters. The highest BCUT2D eigenvalue weighted by atomic mass is 16.5. The molecule has 1 saturated carbocycles. The molecule has 1 aliphatic heterocycles. The first-order valence-electron chi connectivity index (χ1n) is 9.15. The average Bonchev–Trinajstić information content (AvgIpc) is 3.07. The van der Waals surface area contributed by atoms with Crippen LogP contribution in [0.25, 0.3) is 0 Å². The van der Waals surface area contributed by atoms with E-state index in [1.807, 2.05) is 0 Å². The number of hydrogen-bond acceptors (Lipinski definition) is 4. The molecule has 0 amide bonds. The van der Waals surface area contributed by atoms with Gasteiger partial charge in [-0.05, 0) is 60.8 Å². The number of aliphatic hydroxyl groups excluding tert-OH is 1. The highest BCUT2D eigenvalue weighted by Crippen LogP contribution is 2.48. The van der Waals surface area contributed by atoms with Gasteiger partial charge < -0.3 is 19.8 Å². The first-order chi connectivity index (χ1) is 12.1. The van der Waals surface area contributed by atoms with E-state index in [9.17, 15) is 9.90 Å². The van der Waals surface area contributed by atoms with E-state index in [4.69, 9.17) is 9.84 Å². The second kappa shape index (κ2) is 6.81. The Balaban J connectivity index is 1.26. The van der Waals surface area contributed by atoms with E-state index in [2.05, 4.69) is 17.1 Å². The van der Waals surface area contributed by atoms with Gasteiger partial charge in [-0.15, -0.1) is 0 Å². The molecule has 3 aliphatic carbocycles. The van der Waals surface area contributed by atoms with Gasteiger partial charge in [-0.25, -0.2) is 4.79 Å². The number of aliphatic hydroxyl groups is 1. The van der Waals surface area contributed by atoms with E-state index in [0.29, 0.717) is 12.3 Å². The predicted molar refractivity (Wildman–Crippen MR) is 93.7 cm³/mol. The third-order valence-electron chi connectivity index (χ3n) is 6.04. The van der Waals surface area contributed by atoms with Gasteiger partial charge in [-0.1, -0.05) is 12.2 Å². The van der Waals surface area contributed by atoms with Crippen molar-refractivity contribution < 1.29 is 19.7 Å². The largest absolute Gasteiger partial charge is 0.491 e. The van der Waals surface area contributed by atoms with Crippen LogP contribution in [0.5, 0.6) is 5.75 Å². The summed E-state index contributed by atoms with van der Waals surface area (Å²) >= 11 is 0. The van der Waals surface area contributed by atoms with E-state index in [-0.39, 0.29) is 12.2 Å². The monoisotopic (exact) mass is 343 g/mol. The molecule has 5 unspecified atom stereocenters. The Morgan fingerprint density at radius 2 is 1.72 bits per heavy atom. The number of carbonyl (C=O) groups is 1. The van der Waals surface area contributed by atoms with Crippen molar-refractivity contribution >= 4 is 5.97 Å². The number of carboxylic acid groups (broad SMARTS) is 1. The maximum atomic E-state index is 10.8. The number of aromatic carboxylic acids is 1. The number of nitrogens with zero attached hydrogens (tertiary/aromatic N) is 1. The second-order valence-electron chi connectivity index (χ2n) is 7.63. The third-order valence-corrected chi connectivity index (χ3v) is 6.04. The van der Waals surface area contributed by atoms with E-state index in [0.717, 1.165) is 36.8 Å². The standard InChI is InChI=1S/C20H25NO4/c22-16(12-25-17-7-5-15(6-8-17)20(23)24)9-21-10-18-13-1-2-14(4-3-13)19(18)11-21/h1-2,5-8,13-14,16,18-19,22H,3-4,9-12H2,(H,23,24). The molecule has 1 heterocycles. The predicted octanol–water partition coefficient (Wildman–Crippen LogP) is 2.27. The molecule has 0 radical (unpaired) electrons. The molecule has 0 aromatic heterocycles. The highest BCUT2D eigenvalue weighted by molar-refractivity contribution is 5.87. The van der Waals surface area contributed by atoms with Crippen molar-refractivity contribution in [2.75, 3.05) is 26.2 Å². The Morgan fingerprint density at radius 1 is 1.12 bits per heavy atom. The molecule has 1 aromatic carbocycles. The second-order valence-corrected chi connectivity index (χ2v) is 7.63. The molecule has 1 saturated heterocycles. The van der Waals surface area contributed by atoms with Crippen molar-refractivity contribution in [1.29, 1.82) is 0 Å². The average molecular weight is 343 g/mol. The van der Waals surface area contributed by atoms with E-state index < -0.39 is 12.1 Å². The van der Waals surface area contributed by atoms with Gasteiger partial charge in [-0.2, -0.15) is 0 Å². The number of benzene rings is 1. The molecule has 5 nitrogen and oxygen atoms in total. The Bertz CT molecular complexity index is 634. The molecule has 2 fully saturated rings. The zero-order valence-corrected chi connectivity index (χ0v) is 14.3. The topological polar surface area (TPSA) is 70.0 Å². The van der Waals surface area contributed by atoms with Gasteiger partial charge in [0.2, 0.25) is 0 Å². The Labute approximate surface area is 147 Å². The highest BCUT2D eigenvalue weighted by Gasteiger charge is 2.45. The molecule has 5 rings (SSSR count). The molecule has 2 N–H and O–H groups in total. The van der Waals surface area contributed by atoms with Gasteiger partial charge in [0, 0.05) is 19.6 Å². The van der Waals surface area contributed by atoms with Gasteiger partial charge in [0.1, 0.15) is 18.5 Å². The summed E-state index contributed by atoms with van der Waals surface area (Å²) in [7, 11) is 0. The fourth-order valence-electron chi connectivity index (χ4n) is 4.81. The van der Waals surface area contributed by atoms with E-state index in [1.165, 1.54) is 25.0 Å². The fraction of sp³-hybridized carbons (Fsp3) is 0.550. The first-order valence-corrected chi connectivity index (χ1v) is 9.15. The molecule has 25 heavy (non-hydrogen) atoms. The van der Waals surface area contributed by atoms with Crippen LogP contribution in [0.2, 0.25) is 0 Å². The molecule has 0 spiro atoms. The molecule has 4 aliphatic rings. The number of hydrogen-bond donors (Lipinski definition) is 2. The summed E-state index contributed by atoms with van der Waals surface area (Å²) in [5, 5.41) is 19.2. The van der Waals surface area contributed by atoms with Gasteiger partial charge in [-0.3, -0.25) is 0 Å². The van der Waals surface area contributed by atoms with Gasteiger partial charge in [0.25, 0.3) is 0 Å². The number of likely N-dealkylation sites (tertiary alicyclic amines) is 1. The number of allylic oxidation sites excluding steroid dienone is 2. The lowest BCUT2D eigenvalue weighted by molar-refractivity contribution is 0.0694. The summed E-state index contributed by atoms with van der Waals surface area (Å²) in [5.74, 6) is 2.63. The van der Waals surface area contributed by atoms with Crippen LogP contribution in [-0.2, 0) is 0 Å². The maximum absolute atomic E-state index is 10.8. The number of β-amino-alcohol motifs (C(OH)–C–C–N with tert-alkyl or cyclic N) is 1. The van der Waals surface area contributed by atoms with Crippen LogP contribution in [-0.4, -0.2) is 53.4 Å². The number of ether oxygens (including phenoxy) is 1. The number of rotatable bonds is 6. The minimum atomic E-state index is -0.953. The van der Waals surface area contributed by atoms with Crippen LogP contribution in [0.1, 0.15) is 23.2 Å². The lowest BCUT2D eigenvalue weighted by Gasteiger charge is -2.40. The van der Waals surface area contributed by atoms with Crippen LogP contribution in [0.15, 0.2) is 36.4 Å². The third kappa shape index (κ3) is 3.44. The van der Waals surface area contributed by atoms with Gasteiger partial charge >= 0.3 is 5.97 Å². The van der Waals surface area contributed by atoms with Gasteiger partial charge in [0.15, 0.2) is 0 Å². The summed E-state index contributed by atoms with van der Waals surface area (Å²) in [4.78, 5) is 13.2. The normalized spacial score (nSPS) is 31.7. The van der Waals surface area contributed by atoms with Crippen molar-refractivity contribution in [1.82, 2.24) is 4.90 Å². The molecule has 5 heteroatoms. The zero-order valence-electron chi connectivity index (χ0n) is 14.3. The minimum absolute atomic E-state index is 0.226. The summed E-state index contributed by atoms with van der Waals surface area (Å²) in [5.41, 5.74) is 0.232. The molecular formula is C20H25NO4. The smallest absolute Gasteiger partial charge is 0.335 e. The first kappa shape index (κ1) is 16.6. The lowest BCUT2D eigenvalue weighted by Crippen LogP contribution is -2.35. The van der Waals surface area contributed by atoms with Crippen LogP contribution in [0, 0.1) is 23.7 Å². The number of carboxylic acids is 1. The molecular weight excluding hydrogens is 318 g/mol. The molecule has 2 bridgehead atoms. The quantitative estimate of drug-likeness (QED) is 0.776. The van der Waals surface area contributed by atoms with E-state index in [1.54, 1.807) is 12.1 Å². The fourth-order valence-corrected chi connectivity index (χ4v) is 4.81. The maximum Gasteiger partial charge on any atom is 0.335 e. The SMILES string of the molecule is O=C(O)c1ccc(OCC(O)CN2CC3C4C=CC(CC4)C3C2)cc1. The van der Waals surface area contributed by atoms with Crippen molar-refractivity contribution in [2.45, 2.75) is 18.9 Å². The van der Waals surface area contributed by atoms with Crippen molar-refractivity contribution in [3.05, 3.63) is 42.0 Å². The summed E-state index contributed by atoms with van der Waals surface area (Å²) in [6, 6.07) is 6.28. The number of fused-ring (bicyclic) bond motifs is 1. The summed E-state index contributed by atoms with van der Waals surface area (Å²) in [6.07, 6.45) is 6.95. The van der Waals surface area contributed by atoms with Gasteiger partial charge in [0.05, 0.1) is 5.56 Å². The van der Waals surface area contributed by atoms with Crippen LogP contribution < -0.4 is 4.74 Å². The van der Waals surface area contributed by atoms with E-state index >= 15 is 0 Å². The summed E-state index contributed by atoms with van der Waals surface area (Å²) in [6.45, 7) is 3.03. The Hall–Kier alpha value is -1.85. The van der Waals surface area contributed by atoms with Crippen LogP contribution >= 0.6 is 0 Å². The van der Waals surface area contributed by atoms with Crippen LogP contribution in [0.4, 0.5) is 0 Å². The van der Waals surface area contributed by atoms with Crippen molar-refractivity contribution in [3.8, 4) is 5.75 Å². The lowest BCUT2D eigenvalue weighted by atomic mass is 9.64. The molecule has 134 valence electrons. The Kier molecular flexibility index (Phi) is 4.52. The molecule has 1 aromatic rings. The zero-order chi connectivity index (χ0) is 17.4. The van der Waals surface area contributed by atoms with Crippen molar-refractivity contribution in [2.24, 2.45) is 23.7 Å².